The largest absolute Gasteiger partial charge is 0.507 e. The zero-order valence-corrected chi connectivity index (χ0v) is 16.7. The van der Waals surface area contributed by atoms with Gasteiger partial charge in [0.2, 0.25) is 11.2 Å². The topological polar surface area (TPSA) is 73.3 Å². The average Bonchev–Trinajstić information content (AvgIpc) is 2.74. The summed E-state index contributed by atoms with van der Waals surface area (Å²) in [6, 6.07) is 10.1. The highest BCUT2D eigenvalue weighted by Crippen LogP contribution is 2.28. The molecule has 1 aliphatic heterocycles. The lowest BCUT2D eigenvalue weighted by Gasteiger charge is -2.27. The molecule has 152 valence electrons. The summed E-state index contributed by atoms with van der Waals surface area (Å²) in [5.74, 6) is 2.24. The predicted octanol–water partition coefficient (Wildman–Crippen LogP) is 3.11. The summed E-state index contributed by atoms with van der Waals surface area (Å²) in [6.45, 7) is 5.02. The third-order valence-corrected chi connectivity index (χ3v) is 5.68. The van der Waals surface area contributed by atoms with Gasteiger partial charge in [0.1, 0.15) is 30.1 Å². The van der Waals surface area contributed by atoms with Gasteiger partial charge < -0.3 is 23.9 Å². The van der Waals surface area contributed by atoms with Crippen LogP contribution in [0.5, 0.6) is 23.0 Å². The fraction of sp³-hybridized carbons (Fsp3) is 0.348. The van der Waals surface area contributed by atoms with Crippen LogP contribution in [-0.4, -0.2) is 25.3 Å². The maximum Gasteiger partial charge on any atom is 0.235 e. The monoisotopic (exact) mass is 396 g/mol. The third-order valence-electron chi connectivity index (χ3n) is 5.68. The van der Waals surface area contributed by atoms with Crippen LogP contribution in [0.25, 0.3) is 11.0 Å². The molecule has 6 nitrogen and oxygen atoms in total. The van der Waals surface area contributed by atoms with Crippen molar-refractivity contribution in [1.29, 1.82) is 0 Å². The van der Waals surface area contributed by atoms with Crippen LogP contribution in [0, 0.1) is 5.92 Å². The van der Waals surface area contributed by atoms with E-state index in [-0.39, 0.29) is 16.9 Å². The molecule has 0 saturated carbocycles. The minimum absolute atomic E-state index is 0.110. The van der Waals surface area contributed by atoms with Gasteiger partial charge in [-0.25, -0.2) is 0 Å². The molecule has 1 saturated heterocycles. The quantitative estimate of drug-likeness (QED) is 0.693. The molecule has 0 aliphatic carbocycles. The second-order valence-corrected chi connectivity index (χ2v) is 7.76. The van der Waals surface area contributed by atoms with Gasteiger partial charge in [-0.3, -0.25) is 4.79 Å². The van der Waals surface area contributed by atoms with Crippen molar-refractivity contribution in [2.75, 3.05) is 20.2 Å². The molecule has 1 fully saturated rings. The van der Waals surface area contributed by atoms with E-state index in [0.717, 1.165) is 19.0 Å². The molecule has 0 bridgehead atoms. The summed E-state index contributed by atoms with van der Waals surface area (Å²) >= 11 is 0. The van der Waals surface area contributed by atoms with Crippen LogP contribution in [-0.2, 0) is 6.54 Å². The molecule has 0 unspecified atom stereocenters. The van der Waals surface area contributed by atoms with Crippen molar-refractivity contribution in [3.8, 4) is 23.0 Å². The summed E-state index contributed by atoms with van der Waals surface area (Å²) in [7, 11) is 1.59. The lowest BCUT2D eigenvalue weighted by molar-refractivity contribution is -0.919. The average molecular weight is 396 g/mol. The number of rotatable bonds is 5. The van der Waals surface area contributed by atoms with E-state index in [1.807, 2.05) is 0 Å². The number of methoxy groups -OCH3 is 1. The standard InChI is InChI=1S/C23H25NO5/c1-15-9-11-24(12-10-15)13-19-20(25)8-7-18-22(26)21(14-28-23(18)19)29-17-5-3-16(27-2)4-6-17/h3-8,14-15,25H,9-13H2,1-2H3/p+1. The van der Waals surface area contributed by atoms with Crippen LogP contribution >= 0.6 is 0 Å². The molecule has 1 aliphatic rings. The zero-order chi connectivity index (χ0) is 20.4. The third kappa shape index (κ3) is 4.07. The molecule has 0 amide bonds. The zero-order valence-electron chi connectivity index (χ0n) is 16.7. The first kappa shape index (κ1) is 19.3. The molecular formula is C23H26NO5+. The summed E-state index contributed by atoms with van der Waals surface area (Å²) in [4.78, 5) is 14.4. The number of nitrogens with one attached hydrogen (secondary N) is 1. The number of aromatic hydroxyl groups is 1. The summed E-state index contributed by atoms with van der Waals surface area (Å²) in [6.07, 6.45) is 3.67. The second kappa shape index (κ2) is 8.17. The first-order valence-electron chi connectivity index (χ1n) is 9.97. The van der Waals surface area contributed by atoms with Crippen molar-refractivity contribution >= 4 is 11.0 Å². The Balaban J connectivity index is 1.64. The van der Waals surface area contributed by atoms with E-state index in [1.54, 1.807) is 43.5 Å². The van der Waals surface area contributed by atoms with Gasteiger partial charge in [-0.15, -0.1) is 0 Å². The van der Waals surface area contributed by atoms with Gasteiger partial charge in [0.25, 0.3) is 0 Å². The lowest BCUT2D eigenvalue weighted by Crippen LogP contribution is -3.11. The number of benzene rings is 2. The number of piperidine rings is 1. The fourth-order valence-electron chi connectivity index (χ4n) is 3.84. The van der Waals surface area contributed by atoms with E-state index in [4.69, 9.17) is 13.9 Å². The Kier molecular flexibility index (Phi) is 5.45. The Labute approximate surface area is 169 Å². The maximum atomic E-state index is 13.0. The minimum Gasteiger partial charge on any atom is -0.507 e. The Bertz CT molecular complexity index is 1050. The maximum absolute atomic E-state index is 13.0. The molecule has 29 heavy (non-hydrogen) atoms. The van der Waals surface area contributed by atoms with Crippen LogP contribution in [0.2, 0.25) is 0 Å². The smallest absolute Gasteiger partial charge is 0.235 e. The summed E-state index contributed by atoms with van der Waals surface area (Å²) in [5.41, 5.74) is 0.855. The van der Waals surface area contributed by atoms with Crippen LogP contribution in [0.15, 0.2) is 51.9 Å². The van der Waals surface area contributed by atoms with E-state index in [9.17, 15) is 9.90 Å². The number of quaternary nitrogens is 1. The van der Waals surface area contributed by atoms with Crippen molar-refractivity contribution in [3.63, 3.8) is 0 Å². The van der Waals surface area contributed by atoms with Crippen LogP contribution in [0.3, 0.4) is 0 Å². The normalized spacial score (nSPS) is 19.2. The van der Waals surface area contributed by atoms with E-state index in [0.29, 0.717) is 34.6 Å². The number of likely N-dealkylation sites (tertiary alicyclic amines) is 1. The SMILES string of the molecule is COc1ccc(Oc2coc3c(C[NH+]4CCC(C)CC4)c(O)ccc3c2=O)cc1. The molecular weight excluding hydrogens is 370 g/mol. The van der Waals surface area contributed by atoms with E-state index in [1.165, 1.54) is 24.0 Å². The summed E-state index contributed by atoms with van der Waals surface area (Å²) in [5, 5.41) is 10.8. The Morgan fingerprint density at radius 1 is 1.10 bits per heavy atom. The highest BCUT2D eigenvalue weighted by molar-refractivity contribution is 5.82. The van der Waals surface area contributed by atoms with Crippen molar-refractivity contribution in [1.82, 2.24) is 0 Å². The van der Waals surface area contributed by atoms with Gasteiger partial charge in [-0.2, -0.15) is 0 Å². The molecule has 1 aromatic heterocycles. The van der Waals surface area contributed by atoms with E-state index in [2.05, 4.69) is 6.92 Å². The van der Waals surface area contributed by atoms with Crippen molar-refractivity contribution in [2.45, 2.75) is 26.3 Å². The van der Waals surface area contributed by atoms with Gasteiger partial charge in [0, 0.05) is 0 Å². The molecule has 0 atom stereocenters. The van der Waals surface area contributed by atoms with Gasteiger partial charge >= 0.3 is 0 Å². The molecule has 2 heterocycles. The first-order valence-corrected chi connectivity index (χ1v) is 9.97. The Hall–Kier alpha value is -2.99. The van der Waals surface area contributed by atoms with Crippen LogP contribution < -0.4 is 19.8 Å². The molecule has 0 spiro atoms. The van der Waals surface area contributed by atoms with Crippen molar-refractivity contribution in [3.05, 3.63) is 58.4 Å². The molecule has 3 aromatic rings. The Morgan fingerprint density at radius 3 is 2.48 bits per heavy atom. The van der Waals surface area contributed by atoms with Crippen molar-refractivity contribution < 1.29 is 23.9 Å². The number of fused-ring (bicyclic) bond motifs is 1. The second-order valence-electron chi connectivity index (χ2n) is 7.76. The molecule has 2 N–H and O–H groups in total. The van der Waals surface area contributed by atoms with Crippen LogP contribution in [0.1, 0.15) is 25.3 Å². The number of ether oxygens (including phenoxy) is 2. The summed E-state index contributed by atoms with van der Waals surface area (Å²) < 4.78 is 16.6. The first-order chi connectivity index (χ1) is 14.0. The lowest BCUT2D eigenvalue weighted by atomic mass is 9.98. The van der Waals surface area contributed by atoms with Crippen molar-refractivity contribution in [2.24, 2.45) is 5.92 Å². The van der Waals surface area contributed by atoms with E-state index >= 15 is 0 Å². The van der Waals surface area contributed by atoms with Gasteiger partial charge in [-0.05, 0) is 55.2 Å². The van der Waals surface area contributed by atoms with Gasteiger partial charge in [0.05, 0.1) is 31.1 Å². The van der Waals surface area contributed by atoms with E-state index < -0.39 is 0 Å². The fourth-order valence-corrected chi connectivity index (χ4v) is 3.84. The molecule has 4 rings (SSSR count). The molecule has 6 heteroatoms. The predicted molar refractivity (Wildman–Crippen MR) is 110 cm³/mol. The highest BCUT2D eigenvalue weighted by Gasteiger charge is 2.23. The number of phenols is 1. The molecule has 0 radical (unpaired) electrons. The van der Waals surface area contributed by atoms with Gasteiger partial charge in [-0.1, -0.05) is 6.92 Å². The number of phenolic OH excluding ortho intramolecular Hbond substituents is 1. The molecule has 2 aromatic carbocycles. The minimum atomic E-state index is -0.259. The highest BCUT2D eigenvalue weighted by atomic mass is 16.5. The number of hydrogen-bond acceptors (Lipinski definition) is 5. The van der Waals surface area contributed by atoms with Gasteiger partial charge in [0.15, 0.2) is 5.58 Å². The van der Waals surface area contributed by atoms with Crippen LogP contribution in [0.4, 0.5) is 0 Å². The number of hydrogen-bond donors (Lipinski definition) is 2. The Morgan fingerprint density at radius 2 is 1.79 bits per heavy atom.